The van der Waals surface area contributed by atoms with Crippen LogP contribution >= 0.6 is 11.3 Å². The zero-order valence-corrected chi connectivity index (χ0v) is 16.3. The quantitative estimate of drug-likeness (QED) is 0.790. The molecule has 1 fully saturated rings. The van der Waals surface area contributed by atoms with Crippen LogP contribution in [-0.4, -0.2) is 48.6 Å². The second kappa shape index (κ2) is 7.80. The summed E-state index contributed by atoms with van der Waals surface area (Å²) in [5.74, 6) is 0.748. The SMILES string of the molecule is COC(=O)CCNC(=O)C1CCN(c2ncnc3sc4c(c23)CCC4)CC1. The van der Waals surface area contributed by atoms with E-state index in [2.05, 4.69) is 24.9 Å². The summed E-state index contributed by atoms with van der Waals surface area (Å²) in [5.41, 5.74) is 1.44. The van der Waals surface area contributed by atoms with Gasteiger partial charge in [-0.1, -0.05) is 0 Å². The third-order valence-corrected chi connectivity index (χ3v) is 6.70. The van der Waals surface area contributed by atoms with Crippen molar-refractivity contribution in [2.75, 3.05) is 31.6 Å². The van der Waals surface area contributed by atoms with Crippen LogP contribution in [-0.2, 0) is 27.2 Å². The van der Waals surface area contributed by atoms with Crippen molar-refractivity contribution >= 4 is 39.2 Å². The van der Waals surface area contributed by atoms with Crippen LogP contribution in [0.3, 0.4) is 0 Å². The van der Waals surface area contributed by atoms with Crippen LogP contribution in [0.4, 0.5) is 5.82 Å². The number of methoxy groups -OCH3 is 1. The number of carbonyl (C=O) groups excluding carboxylic acids is 2. The summed E-state index contributed by atoms with van der Waals surface area (Å²) in [7, 11) is 1.35. The van der Waals surface area contributed by atoms with Gasteiger partial charge in [0.15, 0.2) is 0 Å². The average molecular weight is 388 g/mol. The fourth-order valence-corrected chi connectivity index (χ4v) is 5.26. The Labute approximate surface area is 162 Å². The van der Waals surface area contributed by atoms with Crippen molar-refractivity contribution in [3.05, 3.63) is 16.8 Å². The lowest BCUT2D eigenvalue weighted by Crippen LogP contribution is -2.41. The van der Waals surface area contributed by atoms with Gasteiger partial charge >= 0.3 is 5.97 Å². The molecular weight excluding hydrogens is 364 g/mol. The molecule has 8 heteroatoms. The Hall–Kier alpha value is -2.22. The number of aromatic nitrogens is 2. The Morgan fingerprint density at radius 2 is 2.11 bits per heavy atom. The zero-order valence-electron chi connectivity index (χ0n) is 15.5. The first kappa shape index (κ1) is 18.2. The normalized spacial score (nSPS) is 17.1. The Morgan fingerprint density at radius 3 is 2.89 bits per heavy atom. The first-order chi connectivity index (χ1) is 13.2. The monoisotopic (exact) mass is 388 g/mol. The summed E-state index contributed by atoms with van der Waals surface area (Å²) in [6, 6.07) is 0. The molecule has 0 saturated carbocycles. The van der Waals surface area contributed by atoms with Crippen LogP contribution < -0.4 is 10.2 Å². The number of amides is 1. The third-order valence-electron chi connectivity index (χ3n) is 5.50. The molecule has 0 aromatic carbocycles. The molecular formula is C19H24N4O3S. The lowest BCUT2D eigenvalue weighted by atomic mass is 9.95. The van der Waals surface area contributed by atoms with Crippen LogP contribution in [0.1, 0.15) is 36.1 Å². The summed E-state index contributed by atoms with van der Waals surface area (Å²) >= 11 is 1.80. The molecule has 1 aliphatic carbocycles. The molecule has 2 aromatic heterocycles. The molecule has 0 spiro atoms. The van der Waals surface area contributed by atoms with Crippen molar-refractivity contribution in [2.24, 2.45) is 5.92 Å². The van der Waals surface area contributed by atoms with Crippen LogP contribution in [0, 0.1) is 5.92 Å². The van der Waals surface area contributed by atoms with Gasteiger partial charge < -0.3 is 15.0 Å². The second-order valence-electron chi connectivity index (χ2n) is 7.11. The number of piperidine rings is 1. The van der Waals surface area contributed by atoms with E-state index in [9.17, 15) is 9.59 Å². The number of aryl methyl sites for hydroxylation is 2. The predicted molar refractivity (Wildman–Crippen MR) is 104 cm³/mol. The van der Waals surface area contributed by atoms with E-state index >= 15 is 0 Å². The van der Waals surface area contributed by atoms with Gasteiger partial charge in [-0.2, -0.15) is 0 Å². The molecule has 1 aliphatic heterocycles. The molecule has 1 saturated heterocycles. The number of hydrogen-bond donors (Lipinski definition) is 1. The molecule has 0 atom stereocenters. The first-order valence-electron chi connectivity index (χ1n) is 9.52. The number of hydrogen-bond acceptors (Lipinski definition) is 7. The number of fused-ring (bicyclic) bond motifs is 3. The minimum atomic E-state index is -0.304. The van der Waals surface area contributed by atoms with E-state index in [1.807, 2.05) is 0 Å². The predicted octanol–water partition coefficient (Wildman–Crippen LogP) is 2.08. The topological polar surface area (TPSA) is 84.4 Å². The molecule has 144 valence electrons. The van der Waals surface area contributed by atoms with E-state index in [-0.39, 0.29) is 24.2 Å². The average Bonchev–Trinajstić information content (AvgIpc) is 3.28. The summed E-state index contributed by atoms with van der Waals surface area (Å²) in [5, 5.41) is 4.08. The molecule has 1 N–H and O–H groups in total. The number of esters is 1. The number of nitrogens with one attached hydrogen (secondary N) is 1. The maximum absolute atomic E-state index is 12.3. The van der Waals surface area contributed by atoms with Gasteiger partial charge in [-0.15, -0.1) is 11.3 Å². The molecule has 0 unspecified atom stereocenters. The highest BCUT2D eigenvalue weighted by atomic mass is 32.1. The molecule has 7 nitrogen and oxygen atoms in total. The van der Waals surface area contributed by atoms with E-state index in [4.69, 9.17) is 0 Å². The van der Waals surface area contributed by atoms with Gasteiger partial charge in [0.1, 0.15) is 17.0 Å². The summed E-state index contributed by atoms with van der Waals surface area (Å²) < 4.78 is 4.59. The lowest BCUT2D eigenvalue weighted by molar-refractivity contribution is -0.140. The highest BCUT2D eigenvalue weighted by Gasteiger charge is 2.28. The standard InChI is InChI=1S/C19H24N4O3S/c1-26-15(24)5-8-20-18(25)12-6-9-23(10-7-12)17-16-13-3-2-4-14(13)27-19(16)22-11-21-17/h11-12H,2-10H2,1H3,(H,20,25). The van der Waals surface area contributed by atoms with E-state index in [0.29, 0.717) is 6.54 Å². The van der Waals surface area contributed by atoms with Crippen LogP contribution in [0.25, 0.3) is 10.2 Å². The molecule has 27 heavy (non-hydrogen) atoms. The van der Waals surface area contributed by atoms with Gasteiger partial charge in [0, 0.05) is 30.4 Å². The maximum Gasteiger partial charge on any atom is 0.307 e. The second-order valence-corrected chi connectivity index (χ2v) is 8.20. The number of rotatable bonds is 5. The van der Waals surface area contributed by atoms with Crippen LogP contribution in [0.5, 0.6) is 0 Å². The van der Waals surface area contributed by atoms with Crippen LogP contribution in [0.15, 0.2) is 6.33 Å². The Morgan fingerprint density at radius 1 is 1.30 bits per heavy atom. The van der Waals surface area contributed by atoms with Crippen molar-refractivity contribution < 1.29 is 14.3 Å². The number of thiophene rings is 1. The van der Waals surface area contributed by atoms with Gasteiger partial charge in [0.05, 0.1) is 18.9 Å². The lowest BCUT2D eigenvalue weighted by Gasteiger charge is -2.32. The molecule has 4 rings (SSSR count). The van der Waals surface area contributed by atoms with Gasteiger partial charge in [-0.25, -0.2) is 9.97 Å². The van der Waals surface area contributed by atoms with Gasteiger partial charge in [0.2, 0.25) is 5.91 Å². The molecule has 2 aromatic rings. The van der Waals surface area contributed by atoms with Gasteiger partial charge in [-0.3, -0.25) is 9.59 Å². The number of ether oxygens (including phenoxy) is 1. The van der Waals surface area contributed by atoms with Gasteiger partial charge in [-0.05, 0) is 37.7 Å². The summed E-state index contributed by atoms with van der Waals surface area (Å²) in [4.78, 5) is 37.4. The van der Waals surface area contributed by atoms with Crippen molar-refractivity contribution in [1.82, 2.24) is 15.3 Å². The highest BCUT2D eigenvalue weighted by Crippen LogP contribution is 2.40. The van der Waals surface area contributed by atoms with Crippen molar-refractivity contribution in [3.8, 4) is 0 Å². The molecule has 0 radical (unpaired) electrons. The third kappa shape index (κ3) is 3.63. The first-order valence-corrected chi connectivity index (χ1v) is 10.3. The molecule has 1 amide bonds. The molecule has 2 aliphatic rings. The Balaban J connectivity index is 1.39. The van der Waals surface area contributed by atoms with Crippen molar-refractivity contribution in [1.29, 1.82) is 0 Å². The molecule has 0 bridgehead atoms. The highest BCUT2D eigenvalue weighted by molar-refractivity contribution is 7.19. The summed E-state index contributed by atoms with van der Waals surface area (Å²) in [6.07, 6.45) is 6.96. The minimum absolute atomic E-state index is 0.00980. The van der Waals surface area contributed by atoms with E-state index in [0.717, 1.165) is 49.4 Å². The number of anilines is 1. The summed E-state index contributed by atoms with van der Waals surface area (Å²) in [6.45, 7) is 1.96. The molecule has 3 heterocycles. The van der Waals surface area contributed by atoms with E-state index in [1.54, 1.807) is 17.7 Å². The number of nitrogens with zero attached hydrogens (tertiary/aromatic N) is 3. The van der Waals surface area contributed by atoms with Crippen molar-refractivity contribution in [3.63, 3.8) is 0 Å². The largest absolute Gasteiger partial charge is 0.469 e. The number of carbonyl (C=O) groups is 2. The fraction of sp³-hybridized carbons (Fsp3) is 0.579. The Kier molecular flexibility index (Phi) is 5.24. The smallest absolute Gasteiger partial charge is 0.307 e. The zero-order chi connectivity index (χ0) is 18.8. The fourth-order valence-electron chi connectivity index (χ4n) is 4.04. The Bertz CT molecular complexity index is 858. The van der Waals surface area contributed by atoms with Gasteiger partial charge in [0.25, 0.3) is 0 Å². The van der Waals surface area contributed by atoms with E-state index in [1.165, 1.54) is 29.4 Å². The maximum atomic E-state index is 12.3. The van der Waals surface area contributed by atoms with Crippen molar-refractivity contribution in [2.45, 2.75) is 38.5 Å². The minimum Gasteiger partial charge on any atom is -0.469 e. The van der Waals surface area contributed by atoms with E-state index < -0.39 is 0 Å². The van der Waals surface area contributed by atoms with Crippen LogP contribution in [0.2, 0.25) is 0 Å².